The molecule has 0 spiro atoms. The number of methoxy groups -OCH3 is 1. The highest BCUT2D eigenvalue weighted by Crippen LogP contribution is 2.36. The van der Waals surface area contributed by atoms with Crippen molar-refractivity contribution in [1.82, 2.24) is 24.8 Å². The molecule has 2 heterocycles. The van der Waals surface area contributed by atoms with Crippen LogP contribution in [0.1, 0.15) is 36.5 Å². The van der Waals surface area contributed by atoms with Crippen LogP contribution in [0, 0.1) is 0 Å². The molecule has 1 unspecified atom stereocenters. The normalized spacial score (nSPS) is 16.9. The van der Waals surface area contributed by atoms with Crippen LogP contribution in [0.2, 0.25) is 0 Å². The molecular formula is C17H23N5O3. The number of hydrogen-bond acceptors (Lipinski definition) is 5. The number of carbonyl (C=O) groups excluding carboxylic acids is 2. The number of rotatable bonds is 6. The number of fused-ring (bicyclic) bond motifs is 1. The summed E-state index contributed by atoms with van der Waals surface area (Å²) in [4.78, 5) is 30.7. The molecule has 2 aromatic heterocycles. The third-order valence-corrected chi connectivity index (χ3v) is 5.05. The van der Waals surface area contributed by atoms with E-state index < -0.39 is 5.60 Å². The maximum atomic E-state index is 12.6. The molecule has 0 radical (unpaired) electrons. The van der Waals surface area contributed by atoms with Gasteiger partial charge in [0.15, 0.2) is 0 Å². The second kappa shape index (κ2) is 6.79. The monoisotopic (exact) mass is 345 g/mol. The zero-order valence-corrected chi connectivity index (χ0v) is 14.7. The molecular weight excluding hydrogens is 322 g/mol. The molecule has 0 saturated heterocycles. The van der Waals surface area contributed by atoms with Crippen LogP contribution in [0.15, 0.2) is 24.8 Å². The fraction of sp³-hybridized carbons (Fsp3) is 0.529. The molecule has 1 saturated carbocycles. The fourth-order valence-electron chi connectivity index (χ4n) is 3.01. The Morgan fingerprint density at radius 3 is 2.84 bits per heavy atom. The van der Waals surface area contributed by atoms with Crippen molar-refractivity contribution in [3.05, 3.63) is 30.4 Å². The number of amides is 2. The second-order valence-electron chi connectivity index (χ2n) is 6.49. The smallest absolute Gasteiger partial charge is 0.255 e. The Labute approximate surface area is 146 Å². The average molecular weight is 345 g/mol. The van der Waals surface area contributed by atoms with Gasteiger partial charge in [0.05, 0.1) is 23.5 Å². The molecule has 2 amide bonds. The molecule has 0 aliphatic heterocycles. The van der Waals surface area contributed by atoms with Gasteiger partial charge in [-0.25, -0.2) is 4.52 Å². The van der Waals surface area contributed by atoms with E-state index in [1.54, 1.807) is 42.2 Å². The van der Waals surface area contributed by atoms with Crippen molar-refractivity contribution in [2.75, 3.05) is 20.7 Å². The van der Waals surface area contributed by atoms with E-state index in [9.17, 15) is 9.59 Å². The van der Waals surface area contributed by atoms with Crippen LogP contribution in [0.3, 0.4) is 0 Å². The Balaban J connectivity index is 1.61. The quantitative estimate of drug-likeness (QED) is 0.839. The van der Waals surface area contributed by atoms with Gasteiger partial charge < -0.3 is 15.0 Å². The summed E-state index contributed by atoms with van der Waals surface area (Å²) in [5, 5.41) is 6.99. The van der Waals surface area contributed by atoms with Crippen LogP contribution in [-0.2, 0) is 9.53 Å². The van der Waals surface area contributed by atoms with E-state index in [4.69, 9.17) is 4.74 Å². The van der Waals surface area contributed by atoms with Gasteiger partial charge in [-0.15, -0.1) is 0 Å². The number of hydrogen-bond donors (Lipinski definition) is 1. The maximum Gasteiger partial charge on any atom is 0.255 e. The molecule has 3 rings (SSSR count). The third kappa shape index (κ3) is 3.09. The van der Waals surface area contributed by atoms with Crippen LogP contribution in [0.4, 0.5) is 0 Å². The molecule has 1 aliphatic carbocycles. The molecule has 25 heavy (non-hydrogen) atoms. The minimum Gasteiger partial charge on any atom is -0.368 e. The molecule has 8 nitrogen and oxygen atoms in total. The topological polar surface area (TPSA) is 88.8 Å². The minimum atomic E-state index is -0.679. The van der Waals surface area contributed by atoms with E-state index in [0.717, 1.165) is 19.3 Å². The van der Waals surface area contributed by atoms with Gasteiger partial charge in [0.2, 0.25) is 0 Å². The van der Waals surface area contributed by atoms with Gasteiger partial charge in [-0.2, -0.15) is 5.10 Å². The van der Waals surface area contributed by atoms with E-state index in [2.05, 4.69) is 15.4 Å². The molecule has 134 valence electrons. The van der Waals surface area contributed by atoms with Crippen LogP contribution in [-0.4, -0.2) is 63.7 Å². The minimum absolute atomic E-state index is 0.0248. The highest BCUT2D eigenvalue weighted by atomic mass is 16.5. The van der Waals surface area contributed by atoms with Crippen molar-refractivity contribution < 1.29 is 14.3 Å². The van der Waals surface area contributed by atoms with E-state index in [0.29, 0.717) is 17.6 Å². The summed E-state index contributed by atoms with van der Waals surface area (Å²) in [6.45, 7) is 2.25. The lowest BCUT2D eigenvalue weighted by molar-refractivity contribution is -0.166. The summed E-state index contributed by atoms with van der Waals surface area (Å²) in [6, 6.07) is -0.149. The van der Waals surface area contributed by atoms with Crippen molar-refractivity contribution in [2.24, 2.45) is 0 Å². The molecule has 2 aromatic rings. The van der Waals surface area contributed by atoms with Crippen LogP contribution >= 0.6 is 0 Å². The predicted molar refractivity (Wildman–Crippen MR) is 91.1 cm³/mol. The molecule has 1 atom stereocenters. The number of ether oxygens (including phenoxy) is 1. The highest BCUT2D eigenvalue weighted by Gasteiger charge is 2.46. The van der Waals surface area contributed by atoms with Crippen molar-refractivity contribution in [1.29, 1.82) is 0 Å². The fourth-order valence-corrected chi connectivity index (χ4v) is 3.01. The first-order valence-corrected chi connectivity index (χ1v) is 8.36. The van der Waals surface area contributed by atoms with Crippen LogP contribution in [0.5, 0.6) is 0 Å². The van der Waals surface area contributed by atoms with Gasteiger partial charge >= 0.3 is 0 Å². The van der Waals surface area contributed by atoms with Gasteiger partial charge in [-0.1, -0.05) is 0 Å². The molecule has 1 aliphatic rings. The standard InChI is InChI=1S/C17H23N5O3/c1-12(21(2)16(24)17(25-3)5-4-6-17)9-19-15(23)13-10-20-22-8-7-18-11-14(13)22/h7-8,10-12H,4-6,9H2,1-3H3,(H,19,23). The zero-order chi connectivity index (χ0) is 18.0. The lowest BCUT2D eigenvalue weighted by atomic mass is 9.78. The summed E-state index contributed by atoms with van der Waals surface area (Å²) < 4.78 is 7.04. The lowest BCUT2D eigenvalue weighted by Gasteiger charge is -2.42. The van der Waals surface area contributed by atoms with Crippen molar-refractivity contribution >= 4 is 17.3 Å². The first-order chi connectivity index (χ1) is 12.0. The largest absolute Gasteiger partial charge is 0.368 e. The summed E-state index contributed by atoms with van der Waals surface area (Å²) in [5.74, 6) is -0.260. The van der Waals surface area contributed by atoms with Crippen LogP contribution in [0.25, 0.3) is 5.52 Å². The number of nitrogens with zero attached hydrogens (tertiary/aromatic N) is 4. The number of carbonyl (C=O) groups is 2. The SMILES string of the molecule is COC1(C(=O)N(C)C(C)CNC(=O)c2cnn3ccncc23)CCC1. The summed E-state index contributed by atoms with van der Waals surface area (Å²) in [6.07, 6.45) is 8.91. The van der Waals surface area contributed by atoms with Gasteiger partial charge in [0.25, 0.3) is 11.8 Å². The number of likely N-dealkylation sites (N-methyl/N-ethyl adjacent to an activating group) is 1. The van der Waals surface area contributed by atoms with Gasteiger partial charge in [0, 0.05) is 39.1 Å². The van der Waals surface area contributed by atoms with Crippen molar-refractivity contribution in [2.45, 2.75) is 37.8 Å². The Kier molecular flexibility index (Phi) is 4.71. The van der Waals surface area contributed by atoms with Crippen molar-refractivity contribution in [3.63, 3.8) is 0 Å². The summed E-state index contributed by atoms with van der Waals surface area (Å²) in [5.41, 5.74) is 0.424. The third-order valence-electron chi connectivity index (χ3n) is 5.05. The Hall–Kier alpha value is -2.48. The number of aromatic nitrogens is 3. The Morgan fingerprint density at radius 1 is 1.44 bits per heavy atom. The molecule has 1 N–H and O–H groups in total. The first-order valence-electron chi connectivity index (χ1n) is 8.36. The Morgan fingerprint density at radius 2 is 2.20 bits per heavy atom. The van der Waals surface area contributed by atoms with E-state index in [1.807, 2.05) is 6.92 Å². The van der Waals surface area contributed by atoms with E-state index >= 15 is 0 Å². The molecule has 1 fully saturated rings. The van der Waals surface area contributed by atoms with Crippen molar-refractivity contribution in [3.8, 4) is 0 Å². The maximum absolute atomic E-state index is 12.6. The van der Waals surface area contributed by atoms with Gasteiger partial charge in [-0.05, 0) is 26.2 Å². The second-order valence-corrected chi connectivity index (χ2v) is 6.49. The van der Waals surface area contributed by atoms with E-state index in [-0.39, 0.29) is 17.9 Å². The zero-order valence-electron chi connectivity index (χ0n) is 14.7. The predicted octanol–water partition coefficient (Wildman–Crippen LogP) is 0.875. The number of nitrogens with one attached hydrogen (secondary N) is 1. The van der Waals surface area contributed by atoms with Gasteiger partial charge in [0.1, 0.15) is 5.60 Å². The summed E-state index contributed by atoms with van der Waals surface area (Å²) in [7, 11) is 3.33. The first kappa shape index (κ1) is 17.3. The molecule has 0 aromatic carbocycles. The summed E-state index contributed by atoms with van der Waals surface area (Å²) >= 11 is 0. The van der Waals surface area contributed by atoms with Crippen LogP contribution < -0.4 is 5.32 Å². The lowest BCUT2D eigenvalue weighted by Crippen LogP contribution is -2.56. The molecule has 8 heteroatoms. The Bertz CT molecular complexity index is 778. The highest BCUT2D eigenvalue weighted by molar-refractivity contribution is 6.00. The average Bonchev–Trinajstić information content (AvgIpc) is 3.02. The van der Waals surface area contributed by atoms with Gasteiger partial charge in [-0.3, -0.25) is 14.6 Å². The molecule has 0 bridgehead atoms. The van der Waals surface area contributed by atoms with E-state index in [1.165, 1.54) is 6.20 Å².